The monoisotopic (exact) mass is 596 g/mol. The van der Waals surface area contributed by atoms with Gasteiger partial charge in [-0.25, -0.2) is 0 Å². The Balaban J connectivity index is 1.43. The number of nitrogens with zero attached hydrogens (tertiary/aromatic N) is 4. The third-order valence-electron chi connectivity index (χ3n) is 6.44. The third-order valence-corrected chi connectivity index (χ3v) is 9.22. The summed E-state index contributed by atoms with van der Waals surface area (Å²) in [5.74, 6) is -0.548. The van der Waals surface area contributed by atoms with Crippen molar-refractivity contribution < 1.29 is 9.59 Å². The minimum absolute atomic E-state index is 0.0514. The number of ketones is 1. The van der Waals surface area contributed by atoms with E-state index in [1.807, 2.05) is 31.2 Å². The van der Waals surface area contributed by atoms with Crippen molar-refractivity contribution in [2.45, 2.75) is 36.4 Å². The van der Waals surface area contributed by atoms with Gasteiger partial charge in [-0.15, -0.1) is 10.2 Å². The molecule has 2 heterocycles. The van der Waals surface area contributed by atoms with Crippen LogP contribution >= 0.6 is 46.3 Å². The average molecular weight is 598 g/mol. The highest BCUT2D eigenvalue weighted by atomic mass is 35.5. The highest BCUT2D eigenvalue weighted by molar-refractivity contribution is 8.01. The molecular formula is C27H22Cl2N6O2S2. The van der Waals surface area contributed by atoms with Crippen molar-refractivity contribution in [3.05, 3.63) is 86.3 Å². The van der Waals surface area contributed by atoms with Gasteiger partial charge in [0, 0.05) is 23.4 Å². The number of anilines is 2. The van der Waals surface area contributed by atoms with E-state index >= 15 is 0 Å². The number of aryl methyl sites for hydroxylation is 1. The van der Waals surface area contributed by atoms with Gasteiger partial charge >= 0.3 is 0 Å². The van der Waals surface area contributed by atoms with E-state index in [1.165, 1.54) is 23.1 Å². The van der Waals surface area contributed by atoms with Crippen LogP contribution in [0.2, 0.25) is 10.0 Å². The summed E-state index contributed by atoms with van der Waals surface area (Å²) in [4.78, 5) is 27.4. The number of rotatable bonds is 6. The number of carbonyl (C=O) groups is 2. The van der Waals surface area contributed by atoms with Crippen molar-refractivity contribution in [1.82, 2.24) is 10.2 Å². The first kappa shape index (κ1) is 27.2. The predicted octanol–water partition coefficient (Wildman–Crippen LogP) is 6.19. The first-order valence-corrected chi connectivity index (χ1v) is 14.6. The number of thioether (sulfide) groups is 1. The second kappa shape index (κ2) is 11.4. The van der Waals surface area contributed by atoms with Crippen LogP contribution in [0.5, 0.6) is 0 Å². The average Bonchev–Trinajstić information content (AvgIpc) is 3.38. The van der Waals surface area contributed by atoms with Gasteiger partial charge in [0.2, 0.25) is 11.0 Å². The molecule has 1 aliphatic carbocycles. The molecule has 1 aromatic heterocycles. The minimum Gasteiger partial charge on any atom is -0.384 e. The van der Waals surface area contributed by atoms with Crippen molar-refractivity contribution in [2.75, 3.05) is 16.0 Å². The number of halogens is 2. The molecule has 1 atom stereocenters. The molecule has 3 aromatic rings. The quantitative estimate of drug-likeness (QED) is 0.323. The first-order chi connectivity index (χ1) is 18.8. The number of nitrogens with two attached hydrogens (primary N) is 1. The lowest BCUT2D eigenvalue weighted by Gasteiger charge is -2.38. The van der Waals surface area contributed by atoms with Gasteiger partial charge in [-0.1, -0.05) is 70.1 Å². The molecular weight excluding hydrogens is 575 g/mol. The van der Waals surface area contributed by atoms with E-state index in [0.717, 1.165) is 11.3 Å². The Morgan fingerprint density at radius 3 is 2.69 bits per heavy atom. The highest BCUT2D eigenvalue weighted by Crippen LogP contribution is 2.47. The zero-order valence-electron chi connectivity index (χ0n) is 20.7. The van der Waals surface area contributed by atoms with Crippen LogP contribution in [0.4, 0.5) is 10.8 Å². The SMILES string of the molecule is Cc1ccc(NC(=O)CSc2nnc(N3C(N)=C(C#N)C(c4ccc(Cl)c(Cl)c4)C4=C3CCCC4=O)s2)cc1. The Morgan fingerprint density at radius 1 is 1.21 bits per heavy atom. The summed E-state index contributed by atoms with van der Waals surface area (Å²) in [7, 11) is 0. The lowest BCUT2D eigenvalue weighted by molar-refractivity contribution is -0.116. The first-order valence-electron chi connectivity index (χ1n) is 12.0. The molecule has 5 rings (SSSR count). The number of aromatic nitrogens is 2. The van der Waals surface area contributed by atoms with Crippen LogP contribution in [0, 0.1) is 18.3 Å². The van der Waals surface area contributed by atoms with Crippen molar-refractivity contribution in [2.24, 2.45) is 5.73 Å². The number of hydrogen-bond donors (Lipinski definition) is 2. The fraction of sp³-hybridized carbons (Fsp3) is 0.222. The molecule has 8 nitrogen and oxygen atoms in total. The summed E-state index contributed by atoms with van der Waals surface area (Å²) in [5.41, 5.74) is 10.5. The molecule has 0 radical (unpaired) electrons. The van der Waals surface area contributed by atoms with Crippen molar-refractivity contribution in [3.8, 4) is 6.07 Å². The molecule has 198 valence electrons. The van der Waals surface area contributed by atoms with Crippen molar-refractivity contribution in [3.63, 3.8) is 0 Å². The number of benzene rings is 2. The van der Waals surface area contributed by atoms with E-state index in [1.54, 1.807) is 23.1 Å². The number of Topliss-reactive ketones (excluding diaryl/α,β-unsaturated/α-hetero) is 1. The van der Waals surface area contributed by atoms with Gasteiger partial charge in [-0.2, -0.15) is 5.26 Å². The zero-order valence-corrected chi connectivity index (χ0v) is 23.8. The van der Waals surface area contributed by atoms with Gasteiger partial charge in [-0.3, -0.25) is 14.5 Å². The fourth-order valence-electron chi connectivity index (χ4n) is 4.64. The maximum absolute atomic E-state index is 13.3. The number of amides is 1. The third kappa shape index (κ3) is 5.54. The summed E-state index contributed by atoms with van der Waals surface area (Å²) in [5, 5.41) is 22.7. The summed E-state index contributed by atoms with van der Waals surface area (Å²) in [6.07, 6.45) is 1.60. The van der Waals surface area contributed by atoms with Crippen LogP contribution in [-0.4, -0.2) is 27.6 Å². The van der Waals surface area contributed by atoms with Crippen LogP contribution in [0.3, 0.4) is 0 Å². The zero-order chi connectivity index (χ0) is 27.7. The summed E-state index contributed by atoms with van der Waals surface area (Å²) in [6, 6.07) is 14.8. The molecule has 1 aliphatic heterocycles. The topological polar surface area (TPSA) is 125 Å². The molecule has 39 heavy (non-hydrogen) atoms. The van der Waals surface area contributed by atoms with Gasteiger partial charge in [0.1, 0.15) is 5.82 Å². The number of nitrogens with one attached hydrogen (secondary N) is 1. The van der Waals surface area contributed by atoms with Gasteiger partial charge in [0.15, 0.2) is 10.1 Å². The van der Waals surface area contributed by atoms with Crippen LogP contribution in [-0.2, 0) is 9.59 Å². The van der Waals surface area contributed by atoms with E-state index in [2.05, 4.69) is 21.6 Å². The summed E-state index contributed by atoms with van der Waals surface area (Å²) in [6.45, 7) is 1.98. The van der Waals surface area contributed by atoms with E-state index < -0.39 is 5.92 Å². The summed E-state index contributed by atoms with van der Waals surface area (Å²) < 4.78 is 0.561. The van der Waals surface area contributed by atoms with Crippen LogP contribution < -0.4 is 16.0 Å². The van der Waals surface area contributed by atoms with Crippen molar-refractivity contribution in [1.29, 1.82) is 5.26 Å². The molecule has 2 aromatic carbocycles. The van der Waals surface area contributed by atoms with Crippen LogP contribution in [0.1, 0.15) is 36.3 Å². The summed E-state index contributed by atoms with van der Waals surface area (Å²) >= 11 is 14.9. The Morgan fingerprint density at radius 2 is 1.97 bits per heavy atom. The van der Waals surface area contributed by atoms with E-state index in [4.69, 9.17) is 28.9 Å². The maximum Gasteiger partial charge on any atom is 0.234 e. The largest absolute Gasteiger partial charge is 0.384 e. The second-order valence-electron chi connectivity index (χ2n) is 9.04. The molecule has 3 N–H and O–H groups in total. The predicted molar refractivity (Wildman–Crippen MR) is 155 cm³/mol. The van der Waals surface area contributed by atoms with E-state index in [0.29, 0.717) is 55.6 Å². The van der Waals surface area contributed by atoms with Gasteiger partial charge in [-0.05, 0) is 49.6 Å². The van der Waals surface area contributed by atoms with Crippen LogP contribution in [0.25, 0.3) is 0 Å². The minimum atomic E-state index is -0.656. The lowest BCUT2D eigenvalue weighted by atomic mass is 9.76. The fourth-order valence-corrected chi connectivity index (χ4v) is 6.63. The number of allylic oxidation sites excluding steroid dienone is 3. The molecule has 1 amide bonds. The molecule has 0 saturated heterocycles. The molecule has 0 fully saturated rings. The van der Waals surface area contributed by atoms with E-state index in [9.17, 15) is 14.9 Å². The number of nitriles is 1. The Labute approximate surface area is 243 Å². The Bertz CT molecular complexity index is 1580. The van der Waals surface area contributed by atoms with Gasteiger partial charge in [0.05, 0.1) is 33.4 Å². The Kier molecular flexibility index (Phi) is 7.96. The molecule has 0 spiro atoms. The van der Waals surface area contributed by atoms with Gasteiger partial charge in [0.25, 0.3) is 0 Å². The molecule has 2 aliphatic rings. The lowest BCUT2D eigenvalue weighted by Crippen LogP contribution is -2.38. The second-order valence-corrected chi connectivity index (χ2v) is 12.0. The number of hydrogen-bond acceptors (Lipinski definition) is 9. The number of carbonyl (C=O) groups excluding carboxylic acids is 2. The molecule has 1 unspecified atom stereocenters. The molecule has 0 saturated carbocycles. The Hall–Kier alpha value is -3.36. The maximum atomic E-state index is 13.3. The smallest absolute Gasteiger partial charge is 0.234 e. The van der Waals surface area contributed by atoms with Crippen LogP contribution in [0.15, 0.2) is 69.5 Å². The van der Waals surface area contributed by atoms with E-state index in [-0.39, 0.29) is 28.8 Å². The molecule has 0 bridgehead atoms. The highest BCUT2D eigenvalue weighted by Gasteiger charge is 2.41. The normalized spacial score (nSPS) is 17.2. The van der Waals surface area contributed by atoms with Crippen molar-refractivity contribution >= 4 is 68.8 Å². The standard InChI is InChI=1S/C27H22Cl2N6O2S2/c1-14-5-8-16(9-6-14)32-22(37)13-38-27-34-33-26(39-27)35-20-3-2-4-21(36)24(20)23(17(12-30)25(35)31)15-7-10-18(28)19(29)11-15/h5-11,23H,2-4,13,31H2,1H3,(H,32,37). The molecule has 12 heteroatoms. The van der Waals surface area contributed by atoms with Gasteiger partial charge < -0.3 is 11.1 Å².